The Morgan fingerprint density at radius 1 is 1.27 bits per heavy atom. The Bertz CT molecular complexity index is 389. The van der Waals surface area contributed by atoms with Crippen LogP contribution in [-0.4, -0.2) is 20.4 Å². The Morgan fingerprint density at radius 3 is 2.82 bits per heavy atom. The van der Waals surface area contributed by atoms with Gasteiger partial charge in [0, 0.05) is 0 Å². The first-order valence-corrected chi connectivity index (χ1v) is 5.62. The molecule has 0 amide bonds. The predicted octanol–water partition coefficient (Wildman–Crippen LogP) is 1.77. The van der Waals surface area contributed by atoms with E-state index in [2.05, 4.69) is 18.2 Å². The van der Waals surface area contributed by atoms with Crippen LogP contribution in [-0.2, 0) is 0 Å². The van der Waals surface area contributed by atoms with Crippen molar-refractivity contribution < 1.29 is 0 Å². The molecule has 11 heavy (non-hydrogen) atoms. The van der Waals surface area contributed by atoms with E-state index in [0.717, 1.165) is 3.58 Å². The minimum atomic E-state index is -0.317. The van der Waals surface area contributed by atoms with E-state index in [-0.39, 0.29) is 20.4 Å². The standard InChI is InChI=1S/C9H5NTe/c10-6-8-5-7-3-1-2-4-9(7)11-8/h1-5H. The van der Waals surface area contributed by atoms with Crippen LogP contribution in [0.15, 0.2) is 30.3 Å². The maximum atomic E-state index is 8.65. The monoisotopic (exact) mass is 257 g/mol. The van der Waals surface area contributed by atoms with Crippen molar-refractivity contribution in [2.45, 2.75) is 0 Å². The van der Waals surface area contributed by atoms with Crippen molar-refractivity contribution in [3.8, 4) is 6.07 Å². The van der Waals surface area contributed by atoms with Gasteiger partial charge in [0.2, 0.25) is 0 Å². The Hall–Kier alpha value is -0.760. The van der Waals surface area contributed by atoms with E-state index in [1.807, 2.05) is 18.2 Å². The fourth-order valence-corrected chi connectivity index (χ4v) is 3.49. The molecule has 0 fully saturated rings. The van der Waals surface area contributed by atoms with Crippen molar-refractivity contribution >= 4 is 29.2 Å². The van der Waals surface area contributed by atoms with E-state index in [1.165, 1.54) is 8.79 Å². The van der Waals surface area contributed by atoms with E-state index >= 15 is 0 Å². The second-order valence-electron chi connectivity index (χ2n) is 2.26. The van der Waals surface area contributed by atoms with Crippen LogP contribution in [0.3, 0.4) is 0 Å². The second-order valence-corrected chi connectivity index (χ2v) is 5.35. The van der Waals surface area contributed by atoms with Crippen molar-refractivity contribution in [3.05, 3.63) is 33.9 Å². The third kappa shape index (κ3) is 1.18. The van der Waals surface area contributed by atoms with Gasteiger partial charge < -0.3 is 0 Å². The van der Waals surface area contributed by atoms with Crippen molar-refractivity contribution in [1.82, 2.24) is 0 Å². The number of rotatable bonds is 0. The molecule has 1 aromatic carbocycles. The van der Waals surface area contributed by atoms with Gasteiger partial charge in [-0.1, -0.05) is 0 Å². The van der Waals surface area contributed by atoms with Crippen LogP contribution >= 0.6 is 0 Å². The van der Waals surface area contributed by atoms with Crippen LogP contribution < -0.4 is 0 Å². The first-order chi connectivity index (χ1) is 5.40. The molecule has 52 valence electrons. The Balaban J connectivity index is 2.81. The summed E-state index contributed by atoms with van der Waals surface area (Å²) in [5, 5.41) is 9.91. The molecule has 1 nitrogen and oxygen atoms in total. The van der Waals surface area contributed by atoms with E-state index in [4.69, 9.17) is 5.26 Å². The van der Waals surface area contributed by atoms with Crippen LogP contribution in [0.5, 0.6) is 0 Å². The van der Waals surface area contributed by atoms with Gasteiger partial charge in [-0.15, -0.1) is 0 Å². The quantitative estimate of drug-likeness (QED) is 0.658. The molecule has 0 saturated carbocycles. The number of hydrogen-bond acceptors (Lipinski definition) is 1. The third-order valence-corrected chi connectivity index (χ3v) is 4.45. The predicted molar refractivity (Wildman–Crippen MR) is 45.6 cm³/mol. The Morgan fingerprint density at radius 2 is 2.09 bits per heavy atom. The molecule has 0 atom stereocenters. The molecule has 0 unspecified atom stereocenters. The number of fused-ring (bicyclic) bond motifs is 1. The number of benzene rings is 1. The normalized spacial score (nSPS) is 9.73. The summed E-state index contributed by atoms with van der Waals surface area (Å²) in [6.07, 6.45) is 0. The van der Waals surface area contributed by atoms with Crippen molar-refractivity contribution in [2.75, 3.05) is 0 Å². The summed E-state index contributed by atoms with van der Waals surface area (Å²) in [6.45, 7) is 0. The average molecular weight is 255 g/mol. The van der Waals surface area contributed by atoms with Crippen molar-refractivity contribution in [3.63, 3.8) is 0 Å². The summed E-state index contributed by atoms with van der Waals surface area (Å²) in [4.78, 5) is 0. The zero-order valence-electron chi connectivity index (χ0n) is 5.74. The fourth-order valence-electron chi connectivity index (χ4n) is 1.04. The number of nitrogens with zero attached hydrogens (tertiary/aromatic N) is 1. The summed E-state index contributed by atoms with van der Waals surface area (Å²) in [7, 11) is 0. The average Bonchev–Trinajstić information content (AvgIpc) is 2.46. The van der Waals surface area contributed by atoms with Crippen LogP contribution in [0.1, 0.15) is 3.58 Å². The first-order valence-electron chi connectivity index (χ1n) is 3.29. The maximum absolute atomic E-state index is 8.65. The zero-order chi connectivity index (χ0) is 7.68. The summed E-state index contributed by atoms with van der Waals surface area (Å²) in [5.74, 6) is 0. The minimum absolute atomic E-state index is 0.317. The molecule has 2 aromatic rings. The van der Waals surface area contributed by atoms with Crippen LogP contribution in [0.25, 0.3) is 8.79 Å². The Labute approximate surface area is 74.5 Å². The first kappa shape index (κ1) is 6.92. The van der Waals surface area contributed by atoms with Crippen LogP contribution in [0.2, 0.25) is 0 Å². The van der Waals surface area contributed by atoms with Crippen LogP contribution in [0.4, 0.5) is 0 Å². The molecule has 0 saturated heterocycles. The van der Waals surface area contributed by atoms with E-state index < -0.39 is 0 Å². The molecule has 0 radical (unpaired) electrons. The molecule has 2 heteroatoms. The van der Waals surface area contributed by atoms with E-state index in [1.54, 1.807) is 0 Å². The van der Waals surface area contributed by atoms with Gasteiger partial charge >= 0.3 is 74.5 Å². The van der Waals surface area contributed by atoms with Gasteiger partial charge in [-0.2, -0.15) is 0 Å². The summed E-state index contributed by atoms with van der Waals surface area (Å²) in [5.41, 5.74) is 0. The van der Waals surface area contributed by atoms with E-state index in [0.29, 0.717) is 0 Å². The molecule has 2 rings (SSSR count). The zero-order valence-corrected chi connectivity index (χ0v) is 8.07. The summed E-state index contributed by atoms with van der Waals surface area (Å²) in [6, 6.07) is 12.5. The molecular weight excluding hydrogens is 250 g/mol. The molecule has 0 aliphatic heterocycles. The molecule has 0 bridgehead atoms. The molecule has 1 aromatic heterocycles. The fraction of sp³-hybridized carbons (Fsp3) is 0. The van der Waals surface area contributed by atoms with Gasteiger partial charge in [-0.25, -0.2) is 0 Å². The molecule has 1 heterocycles. The van der Waals surface area contributed by atoms with Gasteiger partial charge in [0.05, 0.1) is 0 Å². The van der Waals surface area contributed by atoms with Gasteiger partial charge in [-0.3, -0.25) is 0 Å². The van der Waals surface area contributed by atoms with Crippen molar-refractivity contribution in [1.29, 1.82) is 5.26 Å². The number of hydrogen-bond donors (Lipinski definition) is 0. The van der Waals surface area contributed by atoms with Crippen molar-refractivity contribution in [2.24, 2.45) is 0 Å². The van der Waals surface area contributed by atoms with Gasteiger partial charge in [0.15, 0.2) is 0 Å². The van der Waals surface area contributed by atoms with Crippen LogP contribution in [0, 0.1) is 11.3 Å². The van der Waals surface area contributed by atoms with Gasteiger partial charge in [0.25, 0.3) is 0 Å². The molecule has 0 aliphatic rings. The summed E-state index contributed by atoms with van der Waals surface area (Å²) >= 11 is -0.317. The summed E-state index contributed by atoms with van der Waals surface area (Å²) < 4.78 is 2.39. The second kappa shape index (κ2) is 2.70. The molecular formula is C9H5NTe. The third-order valence-electron chi connectivity index (χ3n) is 1.54. The van der Waals surface area contributed by atoms with Gasteiger partial charge in [0.1, 0.15) is 0 Å². The molecule has 0 N–H and O–H groups in total. The number of nitriles is 1. The topological polar surface area (TPSA) is 23.8 Å². The van der Waals surface area contributed by atoms with E-state index in [9.17, 15) is 0 Å². The molecule has 0 spiro atoms. The molecule has 0 aliphatic carbocycles. The Kier molecular flexibility index (Phi) is 1.70. The van der Waals surface area contributed by atoms with Gasteiger partial charge in [-0.05, 0) is 0 Å². The SMILES string of the molecule is N#Cc1cc2ccccc2[te]1.